The Hall–Kier alpha value is -0.870. The van der Waals surface area contributed by atoms with Crippen LogP contribution in [0.25, 0.3) is 0 Å². The molecular formula is C14H24N2O2. The first-order valence-corrected chi connectivity index (χ1v) is 6.84. The van der Waals surface area contributed by atoms with Crippen LogP contribution in [0.15, 0.2) is 12.7 Å². The van der Waals surface area contributed by atoms with Gasteiger partial charge in [0.1, 0.15) is 6.61 Å². The smallest absolute Gasteiger partial charge is 0.248 e. The molecule has 1 atom stereocenters. The molecule has 0 unspecified atom stereocenters. The molecule has 1 amide bonds. The van der Waals surface area contributed by atoms with Gasteiger partial charge in [0.15, 0.2) is 0 Å². The van der Waals surface area contributed by atoms with Crippen molar-refractivity contribution in [3.05, 3.63) is 12.7 Å². The summed E-state index contributed by atoms with van der Waals surface area (Å²) < 4.78 is 4.96. The Kier molecular flexibility index (Phi) is 4.40. The minimum atomic E-state index is 0.127. The van der Waals surface area contributed by atoms with Crippen LogP contribution < -0.4 is 0 Å². The number of rotatable bonds is 4. The van der Waals surface area contributed by atoms with Gasteiger partial charge in [-0.05, 0) is 32.2 Å². The fourth-order valence-electron chi connectivity index (χ4n) is 3.44. The number of methoxy groups -OCH3 is 1. The average Bonchev–Trinajstić information content (AvgIpc) is 2.73. The SMILES string of the molecule is C=CCN1CCC[C@]12CCCN(C(=O)COC)C2. The van der Waals surface area contributed by atoms with Crippen LogP contribution in [-0.2, 0) is 9.53 Å². The lowest BCUT2D eigenvalue weighted by Gasteiger charge is -2.45. The van der Waals surface area contributed by atoms with E-state index in [9.17, 15) is 4.79 Å². The Labute approximate surface area is 110 Å². The van der Waals surface area contributed by atoms with Crippen molar-refractivity contribution in [3.63, 3.8) is 0 Å². The van der Waals surface area contributed by atoms with Gasteiger partial charge in [0.2, 0.25) is 5.91 Å². The Balaban J connectivity index is 2.04. The summed E-state index contributed by atoms with van der Waals surface area (Å²) >= 11 is 0. The first kappa shape index (κ1) is 13.6. The summed E-state index contributed by atoms with van der Waals surface area (Å²) in [4.78, 5) is 16.5. The molecule has 0 aromatic rings. The van der Waals surface area contributed by atoms with Gasteiger partial charge in [0.05, 0.1) is 0 Å². The number of carbonyl (C=O) groups excluding carboxylic acids is 1. The van der Waals surface area contributed by atoms with E-state index in [2.05, 4.69) is 11.5 Å². The number of nitrogens with zero attached hydrogens (tertiary/aromatic N) is 2. The second-order valence-electron chi connectivity index (χ2n) is 5.41. The Morgan fingerprint density at radius 2 is 2.11 bits per heavy atom. The maximum Gasteiger partial charge on any atom is 0.248 e. The van der Waals surface area contributed by atoms with E-state index in [1.807, 2.05) is 11.0 Å². The van der Waals surface area contributed by atoms with Gasteiger partial charge in [-0.25, -0.2) is 0 Å². The molecular weight excluding hydrogens is 228 g/mol. The molecule has 0 saturated carbocycles. The van der Waals surface area contributed by atoms with E-state index in [-0.39, 0.29) is 18.1 Å². The average molecular weight is 252 g/mol. The number of ether oxygens (including phenoxy) is 1. The molecule has 2 aliphatic rings. The molecule has 4 nitrogen and oxygen atoms in total. The Bertz CT molecular complexity index is 319. The highest BCUT2D eigenvalue weighted by Crippen LogP contribution is 2.36. The van der Waals surface area contributed by atoms with E-state index in [1.165, 1.54) is 19.3 Å². The fraction of sp³-hybridized carbons (Fsp3) is 0.786. The number of hydrogen-bond donors (Lipinski definition) is 0. The summed E-state index contributed by atoms with van der Waals surface area (Å²) in [5.41, 5.74) is 0.204. The van der Waals surface area contributed by atoms with Crippen molar-refractivity contribution in [3.8, 4) is 0 Å². The maximum absolute atomic E-state index is 12.0. The second-order valence-corrected chi connectivity index (χ2v) is 5.41. The van der Waals surface area contributed by atoms with Crippen molar-refractivity contribution >= 4 is 5.91 Å². The number of likely N-dealkylation sites (tertiary alicyclic amines) is 2. The predicted molar refractivity (Wildman–Crippen MR) is 71.4 cm³/mol. The van der Waals surface area contributed by atoms with Crippen molar-refractivity contribution in [2.75, 3.05) is 39.9 Å². The Morgan fingerprint density at radius 3 is 2.78 bits per heavy atom. The van der Waals surface area contributed by atoms with Crippen LogP contribution in [0.5, 0.6) is 0 Å². The monoisotopic (exact) mass is 252 g/mol. The Morgan fingerprint density at radius 1 is 1.39 bits per heavy atom. The molecule has 0 aromatic carbocycles. The lowest BCUT2D eigenvalue weighted by atomic mass is 9.86. The molecule has 1 spiro atoms. The van der Waals surface area contributed by atoms with Crippen LogP contribution >= 0.6 is 0 Å². The van der Waals surface area contributed by atoms with Gasteiger partial charge in [-0.3, -0.25) is 9.69 Å². The van der Waals surface area contributed by atoms with Crippen LogP contribution in [-0.4, -0.2) is 61.1 Å². The van der Waals surface area contributed by atoms with Crippen LogP contribution in [0.4, 0.5) is 0 Å². The summed E-state index contributed by atoms with van der Waals surface area (Å²) in [6.45, 7) is 7.87. The summed E-state index contributed by atoms with van der Waals surface area (Å²) in [5.74, 6) is 0.127. The van der Waals surface area contributed by atoms with E-state index >= 15 is 0 Å². The van der Waals surface area contributed by atoms with Crippen molar-refractivity contribution in [2.24, 2.45) is 0 Å². The third-order valence-corrected chi connectivity index (χ3v) is 4.27. The molecule has 0 radical (unpaired) electrons. The van der Waals surface area contributed by atoms with Crippen molar-refractivity contribution in [1.82, 2.24) is 9.80 Å². The normalized spacial score (nSPS) is 28.8. The molecule has 0 aliphatic carbocycles. The van der Waals surface area contributed by atoms with Crippen LogP contribution in [0.2, 0.25) is 0 Å². The third kappa shape index (κ3) is 2.59. The van der Waals surface area contributed by atoms with Gasteiger partial charge in [-0.1, -0.05) is 6.08 Å². The number of carbonyl (C=O) groups is 1. The first-order valence-electron chi connectivity index (χ1n) is 6.84. The molecule has 4 heteroatoms. The standard InChI is InChI=1S/C14H24N2O2/c1-3-8-16-10-5-7-14(16)6-4-9-15(12-14)13(17)11-18-2/h3H,1,4-12H2,2H3/t14-/m0/s1. The maximum atomic E-state index is 12.0. The fourth-order valence-corrected chi connectivity index (χ4v) is 3.44. The summed E-state index contributed by atoms with van der Waals surface area (Å²) in [6.07, 6.45) is 6.72. The quantitative estimate of drug-likeness (QED) is 0.707. The van der Waals surface area contributed by atoms with Crippen LogP contribution in [0.1, 0.15) is 25.7 Å². The van der Waals surface area contributed by atoms with E-state index < -0.39 is 0 Å². The number of piperidine rings is 1. The summed E-state index contributed by atoms with van der Waals surface area (Å²) in [5, 5.41) is 0. The van der Waals surface area contributed by atoms with Crippen LogP contribution in [0.3, 0.4) is 0 Å². The van der Waals surface area contributed by atoms with Crippen molar-refractivity contribution < 1.29 is 9.53 Å². The van der Waals surface area contributed by atoms with E-state index in [4.69, 9.17) is 4.74 Å². The molecule has 0 bridgehead atoms. The van der Waals surface area contributed by atoms with E-state index in [1.54, 1.807) is 7.11 Å². The highest BCUT2D eigenvalue weighted by Gasteiger charge is 2.44. The highest BCUT2D eigenvalue weighted by molar-refractivity contribution is 5.77. The summed E-state index contributed by atoms with van der Waals surface area (Å²) in [7, 11) is 1.58. The molecule has 2 heterocycles. The van der Waals surface area contributed by atoms with Gasteiger partial charge < -0.3 is 9.64 Å². The molecule has 0 aromatic heterocycles. The van der Waals surface area contributed by atoms with E-state index in [0.717, 1.165) is 32.6 Å². The van der Waals surface area contributed by atoms with Gasteiger partial charge in [0, 0.05) is 32.3 Å². The van der Waals surface area contributed by atoms with Gasteiger partial charge in [0.25, 0.3) is 0 Å². The molecule has 2 rings (SSSR count). The zero-order valence-electron chi connectivity index (χ0n) is 11.4. The van der Waals surface area contributed by atoms with Gasteiger partial charge in [-0.2, -0.15) is 0 Å². The van der Waals surface area contributed by atoms with Crippen molar-refractivity contribution in [1.29, 1.82) is 0 Å². The zero-order chi connectivity index (χ0) is 13.0. The third-order valence-electron chi connectivity index (χ3n) is 4.27. The first-order chi connectivity index (χ1) is 8.72. The lowest BCUT2D eigenvalue weighted by Crippen LogP contribution is -2.57. The molecule has 0 N–H and O–H groups in total. The minimum Gasteiger partial charge on any atom is -0.375 e. The topological polar surface area (TPSA) is 32.8 Å². The molecule has 2 saturated heterocycles. The predicted octanol–water partition coefficient (Wildman–Crippen LogP) is 1.28. The molecule has 2 aliphatic heterocycles. The molecule has 2 fully saturated rings. The highest BCUT2D eigenvalue weighted by atomic mass is 16.5. The van der Waals surface area contributed by atoms with Gasteiger partial charge in [-0.15, -0.1) is 6.58 Å². The zero-order valence-corrected chi connectivity index (χ0v) is 11.4. The largest absolute Gasteiger partial charge is 0.375 e. The second kappa shape index (κ2) is 5.85. The van der Waals surface area contributed by atoms with Gasteiger partial charge >= 0.3 is 0 Å². The number of amides is 1. The van der Waals surface area contributed by atoms with Crippen LogP contribution in [0, 0.1) is 0 Å². The molecule has 102 valence electrons. The minimum absolute atomic E-state index is 0.127. The van der Waals surface area contributed by atoms with E-state index in [0.29, 0.717) is 0 Å². The number of hydrogen-bond acceptors (Lipinski definition) is 3. The summed E-state index contributed by atoms with van der Waals surface area (Å²) in [6, 6.07) is 0. The lowest BCUT2D eigenvalue weighted by molar-refractivity contribution is -0.138. The molecule has 18 heavy (non-hydrogen) atoms. The van der Waals surface area contributed by atoms with Crippen molar-refractivity contribution in [2.45, 2.75) is 31.2 Å².